The smallest absolute Gasteiger partial charge is 0.377 e. The van der Waals surface area contributed by atoms with E-state index < -0.39 is 5.97 Å². The molecule has 0 bridgehead atoms. The van der Waals surface area contributed by atoms with E-state index >= 15 is 0 Å². The SMILES string of the molecule is Cc1cc(C(=O)OCc2nnc(-c3ccc(Cl)cc3)o2)on1. The average Bonchev–Trinajstić information content (AvgIpc) is 3.15. The van der Waals surface area contributed by atoms with Crippen molar-refractivity contribution in [3.63, 3.8) is 0 Å². The van der Waals surface area contributed by atoms with Crippen LogP contribution in [0.25, 0.3) is 11.5 Å². The minimum atomic E-state index is -0.646. The Bertz CT molecular complexity index is 795. The molecule has 1 aromatic carbocycles. The molecule has 3 aromatic rings. The molecule has 0 aliphatic rings. The Morgan fingerprint density at radius 2 is 2.05 bits per heavy atom. The lowest BCUT2D eigenvalue weighted by Crippen LogP contribution is -2.04. The van der Waals surface area contributed by atoms with Crippen molar-refractivity contribution in [1.82, 2.24) is 15.4 Å². The summed E-state index contributed by atoms with van der Waals surface area (Å²) in [7, 11) is 0. The molecule has 0 spiro atoms. The van der Waals surface area contributed by atoms with Gasteiger partial charge < -0.3 is 13.7 Å². The Morgan fingerprint density at radius 1 is 1.27 bits per heavy atom. The summed E-state index contributed by atoms with van der Waals surface area (Å²) in [6, 6.07) is 8.42. The van der Waals surface area contributed by atoms with Crippen LogP contribution in [0.4, 0.5) is 0 Å². The topological polar surface area (TPSA) is 91.2 Å². The number of halogens is 1. The van der Waals surface area contributed by atoms with E-state index in [0.717, 1.165) is 5.56 Å². The molecule has 22 heavy (non-hydrogen) atoms. The summed E-state index contributed by atoms with van der Waals surface area (Å²) in [5, 5.41) is 11.9. The van der Waals surface area contributed by atoms with Gasteiger partial charge in [0.15, 0.2) is 6.61 Å². The molecule has 0 fully saturated rings. The van der Waals surface area contributed by atoms with Crippen molar-refractivity contribution in [2.75, 3.05) is 0 Å². The Labute approximate surface area is 129 Å². The summed E-state index contributed by atoms with van der Waals surface area (Å²) in [4.78, 5) is 11.7. The van der Waals surface area contributed by atoms with Gasteiger partial charge in [0.2, 0.25) is 11.7 Å². The van der Waals surface area contributed by atoms with Crippen LogP contribution in [0.1, 0.15) is 22.1 Å². The molecule has 112 valence electrons. The molecule has 2 heterocycles. The van der Waals surface area contributed by atoms with E-state index in [4.69, 9.17) is 25.3 Å². The van der Waals surface area contributed by atoms with E-state index in [1.165, 1.54) is 6.07 Å². The molecule has 0 N–H and O–H groups in total. The number of ether oxygens (including phenoxy) is 1. The number of hydrogen-bond acceptors (Lipinski definition) is 7. The third-order valence-corrected chi connectivity index (χ3v) is 2.97. The molecule has 8 heteroatoms. The van der Waals surface area contributed by atoms with Crippen LogP contribution in [0.3, 0.4) is 0 Å². The average molecular weight is 320 g/mol. The van der Waals surface area contributed by atoms with Crippen molar-refractivity contribution in [2.45, 2.75) is 13.5 Å². The quantitative estimate of drug-likeness (QED) is 0.682. The third kappa shape index (κ3) is 3.15. The zero-order valence-electron chi connectivity index (χ0n) is 11.4. The van der Waals surface area contributed by atoms with Gasteiger partial charge >= 0.3 is 5.97 Å². The van der Waals surface area contributed by atoms with Crippen molar-refractivity contribution in [2.24, 2.45) is 0 Å². The highest BCUT2D eigenvalue weighted by atomic mass is 35.5. The van der Waals surface area contributed by atoms with Crippen LogP contribution in [0.5, 0.6) is 0 Å². The van der Waals surface area contributed by atoms with E-state index in [2.05, 4.69) is 15.4 Å². The lowest BCUT2D eigenvalue weighted by Gasteiger charge is -1.97. The van der Waals surface area contributed by atoms with Gasteiger partial charge in [0.1, 0.15) is 0 Å². The highest BCUT2D eigenvalue weighted by Crippen LogP contribution is 2.20. The lowest BCUT2D eigenvalue weighted by molar-refractivity contribution is 0.0392. The normalized spacial score (nSPS) is 10.6. The van der Waals surface area contributed by atoms with Gasteiger partial charge in [-0.05, 0) is 31.2 Å². The maximum absolute atomic E-state index is 11.7. The van der Waals surface area contributed by atoms with E-state index in [0.29, 0.717) is 16.6 Å². The number of esters is 1. The summed E-state index contributed by atoms with van der Waals surface area (Å²) in [6.45, 7) is 1.55. The summed E-state index contributed by atoms with van der Waals surface area (Å²) in [5.41, 5.74) is 1.31. The highest BCUT2D eigenvalue weighted by Gasteiger charge is 2.15. The van der Waals surface area contributed by atoms with Gasteiger partial charge in [-0.3, -0.25) is 0 Å². The van der Waals surface area contributed by atoms with Crippen molar-refractivity contribution >= 4 is 17.6 Å². The number of carbonyl (C=O) groups excluding carboxylic acids is 1. The molecule has 0 amide bonds. The number of benzene rings is 1. The molecule has 0 aliphatic carbocycles. The molecule has 0 unspecified atom stereocenters. The number of aromatic nitrogens is 3. The number of aryl methyl sites for hydroxylation is 1. The summed E-state index contributed by atoms with van der Waals surface area (Å²) in [5.74, 6) is -0.130. The molecule has 0 saturated carbocycles. The molecule has 0 radical (unpaired) electrons. The second-order valence-corrected chi connectivity index (χ2v) is 4.85. The summed E-state index contributed by atoms with van der Waals surface area (Å²) in [6.07, 6.45) is 0. The Hall–Kier alpha value is -2.67. The molecule has 0 saturated heterocycles. The minimum absolute atomic E-state index is 0.0231. The molecule has 7 nitrogen and oxygen atoms in total. The fourth-order valence-electron chi connectivity index (χ4n) is 1.68. The maximum Gasteiger partial charge on any atom is 0.377 e. The van der Waals surface area contributed by atoms with E-state index in [1.54, 1.807) is 31.2 Å². The van der Waals surface area contributed by atoms with Crippen LogP contribution in [0.2, 0.25) is 5.02 Å². The van der Waals surface area contributed by atoms with Crippen LogP contribution in [0, 0.1) is 6.92 Å². The number of nitrogens with zero attached hydrogens (tertiary/aromatic N) is 3. The first-order chi connectivity index (χ1) is 10.6. The van der Waals surface area contributed by atoms with Gasteiger partial charge in [-0.25, -0.2) is 4.79 Å². The molecular weight excluding hydrogens is 310 g/mol. The van der Waals surface area contributed by atoms with Crippen molar-refractivity contribution in [3.05, 3.63) is 52.7 Å². The first-order valence-corrected chi connectivity index (χ1v) is 6.68. The van der Waals surface area contributed by atoms with Crippen LogP contribution >= 0.6 is 11.6 Å². The number of hydrogen-bond donors (Lipinski definition) is 0. The van der Waals surface area contributed by atoms with Crippen LogP contribution in [-0.4, -0.2) is 21.3 Å². The van der Waals surface area contributed by atoms with E-state index in [1.807, 2.05) is 0 Å². The Morgan fingerprint density at radius 3 is 2.73 bits per heavy atom. The zero-order chi connectivity index (χ0) is 15.5. The second kappa shape index (κ2) is 5.98. The second-order valence-electron chi connectivity index (χ2n) is 4.42. The molecule has 0 atom stereocenters. The van der Waals surface area contributed by atoms with Gasteiger partial charge in [-0.15, -0.1) is 10.2 Å². The van der Waals surface area contributed by atoms with E-state index in [-0.39, 0.29) is 18.3 Å². The van der Waals surface area contributed by atoms with E-state index in [9.17, 15) is 4.79 Å². The van der Waals surface area contributed by atoms with Crippen molar-refractivity contribution in [3.8, 4) is 11.5 Å². The fourth-order valence-corrected chi connectivity index (χ4v) is 1.81. The lowest BCUT2D eigenvalue weighted by atomic mass is 10.2. The molecule has 0 aliphatic heterocycles. The van der Waals surface area contributed by atoms with Crippen LogP contribution in [0.15, 0.2) is 39.3 Å². The van der Waals surface area contributed by atoms with Gasteiger partial charge in [0.25, 0.3) is 5.89 Å². The predicted molar refractivity (Wildman–Crippen MR) is 75.1 cm³/mol. The van der Waals surface area contributed by atoms with Crippen LogP contribution in [-0.2, 0) is 11.3 Å². The van der Waals surface area contributed by atoms with Crippen molar-refractivity contribution < 1.29 is 18.5 Å². The number of carbonyl (C=O) groups is 1. The summed E-state index contributed by atoms with van der Waals surface area (Å²) < 4.78 is 15.2. The van der Waals surface area contributed by atoms with Crippen molar-refractivity contribution in [1.29, 1.82) is 0 Å². The fraction of sp³-hybridized carbons (Fsp3) is 0.143. The summed E-state index contributed by atoms with van der Waals surface area (Å²) >= 11 is 5.81. The third-order valence-electron chi connectivity index (χ3n) is 2.71. The zero-order valence-corrected chi connectivity index (χ0v) is 12.2. The predicted octanol–water partition coefficient (Wildman–Crippen LogP) is 3.04. The Kier molecular flexibility index (Phi) is 3.88. The van der Waals surface area contributed by atoms with Gasteiger partial charge in [-0.1, -0.05) is 16.8 Å². The van der Waals surface area contributed by atoms with Gasteiger partial charge in [-0.2, -0.15) is 0 Å². The maximum atomic E-state index is 11.7. The molecular formula is C14H10ClN3O4. The first kappa shape index (κ1) is 14.3. The monoisotopic (exact) mass is 319 g/mol. The molecule has 3 rings (SSSR count). The number of rotatable bonds is 4. The Balaban J connectivity index is 1.64. The molecule has 2 aromatic heterocycles. The van der Waals surface area contributed by atoms with Gasteiger partial charge in [0, 0.05) is 16.7 Å². The van der Waals surface area contributed by atoms with Crippen LogP contribution < -0.4 is 0 Å². The van der Waals surface area contributed by atoms with Gasteiger partial charge in [0.05, 0.1) is 5.69 Å². The highest BCUT2D eigenvalue weighted by molar-refractivity contribution is 6.30. The first-order valence-electron chi connectivity index (χ1n) is 6.30. The minimum Gasteiger partial charge on any atom is -0.450 e. The standard InChI is InChI=1S/C14H10ClN3O4/c1-8-6-11(22-18-8)14(19)20-7-12-16-17-13(21-12)9-2-4-10(15)5-3-9/h2-6H,7H2,1H3. The largest absolute Gasteiger partial charge is 0.450 e.